The Morgan fingerprint density at radius 1 is 0.750 bits per heavy atom. The third kappa shape index (κ3) is 5.19. The summed E-state index contributed by atoms with van der Waals surface area (Å²) in [4.78, 5) is 24.7. The van der Waals surface area contributed by atoms with Gasteiger partial charge in [-0.05, 0) is 54.1 Å². The molecule has 0 spiro atoms. The van der Waals surface area contributed by atoms with Crippen molar-refractivity contribution in [1.82, 2.24) is 0 Å². The second-order valence-electron chi connectivity index (χ2n) is 7.01. The van der Waals surface area contributed by atoms with Crippen LogP contribution in [-0.4, -0.2) is 11.8 Å². The molecule has 0 aliphatic carbocycles. The van der Waals surface area contributed by atoms with E-state index in [0.717, 1.165) is 5.56 Å². The van der Waals surface area contributed by atoms with Crippen LogP contribution in [0.5, 0.6) is 0 Å². The van der Waals surface area contributed by atoms with Crippen LogP contribution in [-0.2, 0) is 11.2 Å². The van der Waals surface area contributed by atoms with Crippen molar-refractivity contribution in [3.63, 3.8) is 0 Å². The maximum Gasteiger partial charge on any atom is 0.291 e. The van der Waals surface area contributed by atoms with Crippen molar-refractivity contribution >= 4 is 46.4 Å². The molecule has 7 heteroatoms. The molecule has 1 heterocycles. The number of benzene rings is 3. The fraction of sp³-hybridized carbons (Fsp3) is 0.0400. The predicted molar refractivity (Wildman–Crippen MR) is 127 cm³/mol. The summed E-state index contributed by atoms with van der Waals surface area (Å²) in [5, 5.41) is 6.37. The van der Waals surface area contributed by atoms with Gasteiger partial charge in [0.2, 0.25) is 5.91 Å². The molecule has 4 aromatic rings. The normalized spacial score (nSPS) is 10.6. The SMILES string of the molecule is O=C(Cc1ccccc1)Nc1ccc(NC(=O)c2ccc(-c3cccc(Cl)c3Cl)o2)cc1. The second kappa shape index (κ2) is 9.73. The Labute approximate surface area is 195 Å². The highest BCUT2D eigenvalue weighted by Crippen LogP contribution is 2.34. The van der Waals surface area contributed by atoms with E-state index < -0.39 is 5.91 Å². The first-order chi connectivity index (χ1) is 15.5. The van der Waals surface area contributed by atoms with Crippen LogP contribution < -0.4 is 10.6 Å². The van der Waals surface area contributed by atoms with Crippen molar-refractivity contribution in [1.29, 1.82) is 0 Å². The minimum atomic E-state index is -0.407. The van der Waals surface area contributed by atoms with Gasteiger partial charge in [-0.15, -0.1) is 0 Å². The van der Waals surface area contributed by atoms with Gasteiger partial charge in [-0.25, -0.2) is 0 Å². The van der Waals surface area contributed by atoms with Gasteiger partial charge in [-0.1, -0.05) is 59.6 Å². The summed E-state index contributed by atoms with van der Waals surface area (Å²) in [5.74, 6) is 0.0569. The molecule has 0 unspecified atom stereocenters. The maximum atomic E-state index is 12.5. The minimum absolute atomic E-state index is 0.115. The lowest BCUT2D eigenvalue weighted by atomic mass is 10.1. The fourth-order valence-electron chi connectivity index (χ4n) is 3.11. The van der Waals surface area contributed by atoms with Gasteiger partial charge in [0, 0.05) is 16.9 Å². The Morgan fingerprint density at radius 2 is 1.44 bits per heavy atom. The van der Waals surface area contributed by atoms with E-state index in [1.807, 2.05) is 30.3 Å². The summed E-state index contributed by atoms with van der Waals surface area (Å²) >= 11 is 12.3. The van der Waals surface area contributed by atoms with Crippen LogP contribution >= 0.6 is 23.2 Å². The first-order valence-electron chi connectivity index (χ1n) is 9.79. The molecule has 0 aliphatic rings. The smallest absolute Gasteiger partial charge is 0.291 e. The Hall–Kier alpha value is -3.54. The summed E-state index contributed by atoms with van der Waals surface area (Å²) < 4.78 is 5.66. The van der Waals surface area contributed by atoms with E-state index in [1.165, 1.54) is 0 Å². The second-order valence-corrected chi connectivity index (χ2v) is 7.79. The highest BCUT2D eigenvalue weighted by atomic mass is 35.5. The van der Waals surface area contributed by atoms with Crippen LogP contribution in [0.15, 0.2) is 89.3 Å². The molecule has 2 N–H and O–H groups in total. The number of carbonyl (C=O) groups is 2. The lowest BCUT2D eigenvalue weighted by molar-refractivity contribution is -0.115. The van der Waals surface area contributed by atoms with Crippen LogP contribution in [0.1, 0.15) is 16.1 Å². The van der Waals surface area contributed by atoms with Crippen molar-refractivity contribution in [3.8, 4) is 11.3 Å². The molecule has 0 saturated carbocycles. The van der Waals surface area contributed by atoms with Crippen LogP contribution in [0.25, 0.3) is 11.3 Å². The van der Waals surface area contributed by atoms with Gasteiger partial charge in [-0.3, -0.25) is 9.59 Å². The molecule has 0 atom stereocenters. The standard InChI is InChI=1S/C25H18Cl2N2O3/c26-20-8-4-7-19(24(20)27)21-13-14-22(32-21)25(31)29-18-11-9-17(10-12-18)28-23(30)15-16-5-2-1-3-6-16/h1-14H,15H2,(H,28,30)(H,29,31). The van der Waals surface area contributed by atoms with Crippen molar-refractivity contribution in [2.45, 2.75) is 6.42 Å². The fourth-order valence-corrected chi connectivity index (χ4v) is 3.51. The number of rotatable bonds is 6. The Kier molecular flexibility index (Phi) is 6.59. The number of carbonyl (C=O) groups excluding carboxylic acids is 2. The van der Waals surface area contributed by atoms with Crippen molar-refractivity contribution in [2.75, 3.05) is 10.6 Å². The highest BCUT2D eigenvalue weighted by Gasteiger charge is 2.15. The lowest BCUT2D eigenvalue weighted by Crippen LogP contribution is -2.14. The zero-order valence-corrected chi connectivity index (χ0v) is 18.3. The molecule has 160 valence electrons. The average molecular weight is 465 g/mol. The summed E-state index contributed by atoms with van der Waals surface area (Å²) in [7, 11) is 0. The molecule has 0 saturated heterocycles. The van der Waals surface area contributed by atoms with Crippen molar-refractivity contribution < 1.29 is 14.0 Å². The molecule has 3 aromatic carbocycles. The molecule has 0 bridgehead atoms. The largest absolute Gasteiger partial charge is 0.451 e. The zero-order valence-electron chi connectivity index (χ0n) is 16.8. The van der Waals surface area contributed by atoms with Crippen molar-refractivity contribution in [3.05, 3.63) is 106 Å². The molecule has 5 nitrogen and oxygen atoms in total. The maximum absolute atomic E-state index is 12.5. The number of nitrogens with one attached hydrogen (secondary N) is 2. The predicted octanol–water partition coefficient (Wildman–Crippen LogP) is 6.69. The van der Waals surface area contributed by atoms with Crippen LogP contribution in [0.2, 0.25) is 10.0 Å². The van der Waals surface area contributed by atoms with Crippen LogP contribution in [0, 0.1) is 0 Å². The van der Waals surface area contributed by atoms with Gasteiger partial charge in [0.1, 0.15) is 5.76 Å². The summed E-state index contributed by atoms with van der Waals surface area (Å²) in [6.45, 7) is 0. The topological polar surface area (TPSA) is 71.3 Å². The molecule has 0 aliphatic heterocycles. The number of hydrogen-bond acceptors (Lipinski definition) is 3. The van der Waals surface area contributed by atoms with Gasteiger partial charge in [0.05, 0.1) is 16.5 Å². The summed E-state index contributed by atoms with van der Waals surface area (Å²) in [6.07, 6.45) is 0.288. The van der Waals surface area contributed by atoms with Crippen LogP contribution in [0.4, 0.5) is 11.4 Å². The first kappa shape index (κ1) is 21.7. The van der Waals surface area contributed by atoms with Crippen molar-refractivity contribution in [2.24, 2.45) is 0 Å². The van der Waals surface area contributed by atoms with E-state index in [9.17, 15) is 9.59 Å². The molecule has 0 fully saturated rings. The molecule has 4 rings (SSSR count). The Bertz CT molecular complexity index is 1250. The number of halogens is 2. The molecule has 32 heavy (non-hydrogen) atoms. The van der Waals surface area contributed by atoms with Gasteiger partial charge in [0.15, 0.2) is 5.76 Å². The number of anilines is 2. The van der Waals surface area contributed by atoms with E-state index in [-0.39, 0.29) is 18.1 Å². The zero-order chi connectivity index (χ0) is 22.5. The van der Waals surface area contributed by atoms with Gasteiger partial charge < -0.3 is 15.1 Å². The molecule has 0 radical (unpaired) electrons. The average Bonchev–Trinajstić information content (AvgIpc) is 3.28. The number of amides is 2. The summed E-state index contributed by atoms with van der Waals surface area (Å²) in [5.41, 5.74) is 2.74. The first-order valence-corrected chi connectivity index (χ1v) is 10.5. The number of furan rings is 1. The van der Waals surface area contributed by atoms with E-state index in [1.54, 1.807) is 54.6 Å². The molecular weight excluding hydrogens is 447 g/mol. The quantitative estimate of drug-likeness (QED) is 0.333. The lowest BCUT2D eigenvalue weighted by Gasteiger charge is -2.08. The van der Waals surface area contributed by atoms with Crippen LogP contribution in [0.3, 0.4) is 0 Å². The van der Waals surface area contributed by atoms with Gasteiger partial charge in [0.25, 0.3) is 5.91 Å². The van der Waals surface area contributed by atoms with E-state index in [0.29, 0.717) is 32.7 Å². The monoisotopic (exact) mass is 464 g/mol. The highest BCUT2D eigenvalue weighted by molar-refractivity contribution is 6.43. The third-order valence-electron chi connectivity index (χ3n) is 4.68. The van der Waals surface area contributed by atoms with Gasteiger partial charge in [-0.2, -0.15) is 0 Å². The molecular formula is C25H18Cl2N2O3. The molecule has 1 aromatic heterocycles. The number of hydrogen-bond donors (Lipinski definition) is 2. The van der Waals surface area contributed by atoms with E-state index in [4.69, 9.17) is 27.6 Å². The van der Waals surface area contributed by atoms with E-state index >= 15 is 0 Å². The van der Waals surface area contributed by atoms with E-state index in [2.05, 4.69) is 10.6 Å². The van der Waals surface area contributed by atoms with Gasteiger partial charge >= 0.3 is 0 Å². The minimum Gasteiger partial charge on any atom is -0.451 e. The molecule has 2 amide bonds. The Morgan fingerprint density at radius 3 is 2.16 bits per heavy atom. The Balaban J connectivity index is 1.37. The summed E-state index contributed by atoms with van der Waals surface area (Å²) in [6, 6.07) is 24.8. The third-order valence-corrected chi connectivity index (χ3v) is 5.50.